The number of nitrogens with zero attached hydrogens (tertiary/aromatic N) is 3. The first-order chi connectivity index (χ1) is 9.28. The van der Waals surface area contributed by atoms with Crippen LogP contribution in [0.25, 0.3) is 0 Å². The number of piperidine rings is 1. The smallest absolute Gasteiger partial charge is 0.324 e. The van der Waals surface area contributed by atoms with E-state index in [0.29, 0.717) is 32.5 Å². The molecule has 2 amide bonds. The van der Waals surface area contributed by atoms with Gasteiger partial charge >= 0.3 is 12.0 Å². The fraction of sp³-hybridized carbons (Fsp3) is 0.846. The van der Waals surface area contributed by atoms with Gasteiger partial charge in [0.2, 0.25) is 0 Å². The molecule has 7 heteroatoms. The van der Waals surface area contributed by atoms with Crippen LogP contribution in [0.2, 0.25) is 0 Å². The summed E-state index contributed by atoms with van der Waals surface area (Å²) in [5.41, 5.74) is -0.904. The molecular formula is C13H26N4O3. The zero-order valence-electron chi connectivity index (χ0n) is 12.8. The summed E-state index contributed by atoms with van der Waals surface area (Å²) in [5, 5.41) is 12.7. The Balaban J connectivity index is 2.59. The highest BCUT2D eigenvalue weighted by Gasteiger charge is 2.42. The number of carboxylic acid groups (broad SMARTS) is 1. The summed E-state index contributed by atoms with van der Waals surface area (Å²) in [6.07, 6.45) is 0.880. The number of hydrogen-bond donors (Lipinski definition) is 2. The van der Waals surface area contributed by atoms with Gasteiger partial charge in [-0.05, 0) is 26.9 Å². The van der Waals surface area contributed by atoms with Crippen molar-refractivity contribution in [2.45, 2.75) is 18.4 Å². The maximum absolute atomic E-state index is 11.9. The number of urea groups is 1. The zero-order valence-corrected chi connectivity index (χ0v) is 12.8. The molecule has 0 radical (unpaired) electrons. The van der Waals surface area contributed by atoms with Gasteiger partial charge in [0.1, 0.15) is 5.54 Å². The van der Waals surface area contributed by atoms with Crippen LogP contribution in [-0.2, 0) is 4.79 Å². The first-order valence-electron chi connectivity index (χ1n) is 6.88. The number of carbonyl (C=O) groups excluding carboxylic acids is 1. The molecular weight excluding hydrogens is 260 g/mol. The Bertz CT molecular complexity index is 350. The van der Waals surface area contributed by atoms with Crippen molar-refractivity contribution >= 4 is 12.0 Å². The normalized spacial score (nSPS) is 18.1. The largest absolute Gasteiger partial charge is 0.480 e. The van der Waals surface area contributed by atoms with E-state index in [4.69, 9.17) is 0 Å². The molecule has 20 heavy (non-hydrogen) atoms. The Kier molecular flexibility index (Phi) is 5.76. The Morgan fingerprint density at radius 2 is 1.75 bits per heavy atom. The topological polar surface area (TPSA) is 76.1 Å². The third-order valence-corrected chi connectivity index (χ3v) is 3.70. The molecule has 0 aromatic heterocycles. The molecule has 1 heterocycles. The molecule has 0 saturated carbocycles. The monoisotopic (exact) mass is 286 g/mol. The maximum Gasteiger partial charge on any atom is 0.324 e. The molecule has 0 bridgehead atoms. The number of aliphatic carboxylic acids is 1. The predicted octanol–water partition coefficient (Wildman–Crippen LogP) is -0.262. The van der Waals surface area contributed by atoms with Crippen molar-refractivity contribution in [2.24, 2.45) is 0 Å². The summed E-state index contributed by atoms with van der Waals surface area (Å²) in [7, 11) is 7.31. The molecule has 0 aromatic carbocycles. The van der Waals surface area contributed by atoms with Crippen LogP contribution in [0.4, 0.5) is 4.79 Å². The van der Waals surface area contributed by atoms with Crippen molar-refractivity contribution in [3.8, 4) is 0 Å². The number of nitrogens with one attached hydrogen (secondary N) is 1. The summed E-state index contributed by atoms with van der Waals surface area (Å²) in [6, 6.07) is -0.0581. The van der Waals surface area contributed by atoms with Crippen molar-refractivity contribution in [1.82, 2.24) is 20.0 Å². The average molecular weight is 286 g/mol. The second-order valence-corrected chi connectivity index (χ2v) is 5.78. The van der Waals surface area contributed by atoms with Crippen molar-refractivity contribution in [1.29, 1.82) is 0 Å². The van der Waals surface area contributed by atoms with E-state index in [0.717, 1.165) is 6.54 Å². The van der Waals surface area contributed by atoms with E-state index in [2.05, 4.69) is 5.32 Å². The maximum atomic E-state index is 11.9. The number of carboxylic acids is 1. The fourth-order valence-corrected chi connectivity index (χ4v) is 2.35. The van der Waals surface area contributed by atoms with Gasteiger partial charge in [-0.15, -0.1) is 0 Å². The number of hydrogen-bond acceptors (Lipinski definition) is 4. The lowest BCUT2D eigenvalue weighted by atomic mass is 9.87. The minimum Gasteiger partial charge on any atom is -0.480 e. The lowest BCUT2D eigenvalue weighted by Crippen LogP contribution is -2.60. The molecule has 1 saturated heterocycles. The van der Waals surface area contributed by atoms with Crippen LogP contribution in [0.3, 0.4) is 0 Å². The number of likely N-dealkylation sites (N-methyl/N-ethyl adjacent to an activating group) is 1. The van der Waals surface area contributed by atoms with E-state index in [1.807, 2.05) is 19.0 Å². The summed E-state index contributed by atoms with van der Waals surface area (Å²) >= 11 is 0. The molecule has 7 nitrogen and oxygen atoms in total. The van der Waals surface area contributed by atoms with Gasteiger partial charge in [-0.3, -0.25) is 4.79 Å². The van der Waals surface area contributed by atoms with Crippen molar-refractivity contribution in [3.05, 3.63) is 0 Å². The molecule has 1 rings (SSSR count). The van der Waals surface area contributed by atoms with Crippen LogP contribution in [0.1, 0.15) is 12.8 Å². The second-order valence-electron chi connectivity index (χ2n) is 5.78. The quantitative estimate of drug-likeness (QED) is 0.728. The molecule has 2 N–H and O–H groups in total. The van der Waals surface area contributed by atoms with Gasteiger partial charge in [-0.2, -0.15) is 0 Å². The summed E-state index contributed by atoms with van der Waals surface area (Å²) < 4.78 is 0. The van der Waals surface area contributed by atoms with E-state index in [9.17, 15) is 14.7 Å². The van der Waals surface area contributed by atoms with Crippen molar-refractivity contribution in [2.75, 3.05) is 54.4 Å². The molecule has 1 aliphatic heterocycles. The average Bonchev–Trinajstić information content (AvgIpc) is 2.37. The lowest BCUT2D eigenvalue weighted by Gasteiger charge is -2.40. The first-order valence-corrected chi connectivity index (χ1v) is 6.88. The number of amides is 2. The van der Waals surface area contributed by atoms with E-state index in [1.165, 1.54) is 4.90 Å². The van der Waals surface area contributed by atoms with Gasteiger partial charge in [-0.1, -0.05) is 0 Å². The lowest BCUT2D eigenvalue weighted by molar-refractivity contribution is -0.147. The Morgan fingerprint density at radius 1 is 1.20 bits per heavy atom. The van der Waals surface area contributed by atoms with Crippen LogP contribution in [0.15, 0.2) is 0 Å². The van der Waals surface area contributed by atoms with Crippen LogP contribution in [-0.4, -0.2) is 91.7 Å². The van der Waals surface area contributed by atoms with Gasteiger partial charge in [0, 0.05) is 40.3 Å². The van der Waals surface area contributed by atoms with Crippen molar-refractivity contribution in [3.63, 3.8) is 0 Å². The molecule has 1 aliphatic rings. The van der Waals surface area contributed by atoms with Crippen LogP contribution >= 0.6 is 0 Å². The third kappa shape index (κ3) is 4.08. The molecule has 0 unspecified atom stereocenters. The summed E-state index contributed by atoms with van der Waals surface area (Å²) in [4.78, 5) is 28.7. The van der Waals surface area contributed by atoms with E-state index in [-0.39, 0.29) is 6.03 Å². The van der Waals surface area contributed by atoms with Gasteiger partial charge in [0.05, 0.1) is 0 Å². The fourth-order valence-electron chi connectivity index (χ4n) is 2.35. The first kappa shape index (κ1) is 16.7. The zero-order chi connectivity index (χ0) is 15.3. The molecule has 116 valence electrons. The van der Waals surface area contributed by atoms with Crippen molar-refractivity contribution < 1.29 is 14.7 Å². The van der Waals surface area contributed by atoms with Gasteiger partial charge in [0.15, 0.2) is 0 Å². The van der Waals surface area contributed by atoms with Gasteiger partial charge in [-0.25, -0.2) is 4.79 Å². The molecule has 0 aliphatic carbocycles. The predicted molar refractivity (Wildman–Crippen MR) is 76.8 cm³/mol. The number of rotatable bonds is 5. The highest BCUT2D eigenvalue weighted by molar-refractivity contribution is 5.80. The number of carbonyl (C=O) groups is 2. The molecule has 0 spiro atoms. The highest BCUT2D eigenvalue weighted by Crippen LogP contribution is 2.23. The van der Waals surface area contributed by atoms with E-state index in [1.54, 1.807) is 19.0 Å². The standard InChI is InChI=1S/C13H26N4O3/c1-15(2)10-7-14-13(11(18)19)5-8-17(9-6-13)12(20)16(3)4/h14H,5-10H2,1-4H3,(H,18,19). The number of likely N-dealkylation sites (tertiary alicyclic amines) is 1. The summed E-state index contributed by atoms with van der Waals surface area (Å²) in [5.74, 6) is -0.826. The van der Waals surface area contributed by atoms with E-state index >= 15 is 0 Å². The van der Waals surface area contributed by atoms with Gasteiger partial charge < -0.3 is 25.1 Å². The van der Waals surface area contributed by atoms with E-state index < -0.39 is 11.5 Å². The van der Waals surface area contributed by atoms with Crippen LogP contribution in [0.5, 0.6) is 0 Å². The van der Waals surface area contributed by atoms with Gasteiger partial charge in [0.25, 0.3) is 0 Å². The second kappa shape index (κ2) is 6.90. The minimum absolute atomic E-state index is 0.0581. The van der Waals surface area contributed by atoms with Crippen LogP contribution < -0.4 is 5.32 Å². The highest BCUT2D eigenvalue weighted by atomic mass is 16.4. The molecule has 1 fully saturated rings. The summed E-state index contributed by atoms with van der Waals surface area (Å²) in [6.45, 7) is 2.35. The minimum atomic E-state index is -0.904. The Hall–Kier alpha value is -1.34. The Labute approximate surface area is 120 Å². The third-order valence-electron chi connectivity index (χ3n) is 3.70. The molecule has 0 atom stereocenters. The SMILES string of the molecule is CN(C)CCNC1(C(=O)O)CCN(C(=O)N(C)C)CC1. The molecule has 0 aromatic rings. The van der Waals surface area contributed by atoms with Crippen LogP contribution in [0, 0.1) is 0 Å². The Morgan fingerprint density at radius 3 is 2.15 bits per heavy atom.